The van der Waals surface area contributed by atoms with E-state index in [1.807, 2.05) is 30.3 Å². The van der Waals surface area contributed by atoms with Gasteiger partial charge < -0.3 is 15.3 Å². The van der Waals surface area contributed by atoms with E-state index in [-0.39, 0.29) is 23.8 Å². The lowest BCUT2D eigenvalue weighted by atomic mass is 10.1. The Labute approximate surface area is 185 Å². The number of amides is 2. The summed E-state index contributed by atoms with van der Waals surface area (Å²) in [5.41, 5.74) is 5.32. The SMILES string of the molecule is C/C(=N\NC(=O)c1ccccc1O)c1ccc(NC(=O)CO/N=C/c2ccccc2)cc1. The first-order valence-electron chi connectivity index (χ1n) is 9.76. The molecule has 0 aliphatic carbocycles. The highest BCUT2D eigenvalue weighted by Gasteiger charge is 2.09. The molecule has 32 heavy (non-hydrogen) atoms. The molecule has 3 aromatic rings. The predicted octanol–water partition coefficient (Wildman–Crippen LogP) is 3.54. The molecule has 8 heteroatoms. The van der Waals surface area contributed by atoms with Gasteiger partial charge in [-0.1, -0.05) is 59.8 Å². The van der Waals surface area contributed by atoms with Crippen LogP contribution in [0.2, 0.25) is 0 Å². The average Bonchev–Trinajstić information content (AvgIpc) is 2.81. The average molecular weight is 430 g/mol. The van der Waals surface area contributed by atoms with E-state index in [1.165, 1.54) is 18.3 Å². The van der Waals surface area contributed by atoms with Gasteiger partial charge >= 0.3 is 0 Å². The van der Waals surface area contributed by atoms with Crippen molar-refractivity contribution in [2.24, 2.45) is 10.3 Å². The monoisotopic (exact) mass is 430 g/mol. The Bertz CT molecular complexity index is 1130. The first-order valence-corrected chi connectivity index (χ1v) is 9.76. The predicted molar refractivity (Wildman–Crippen MR) is 123 cm³/mol. The van der Waals surface area contributed by atoms with Gasteiger partial charge in [0, 0.05) is 5.69 Å². The number of oxime groups is 1. The summed E-state index contributed by atoms with van der Waals surface area (Å²) in [6, 6.07) is 22.6. The minimum atomic E-state index is -0.513. The maximum absolute atomic E-state index is 12.1. The van der Waals surface area contributed by atoms with Crippen molar-refractivity contribution in [3.05, 3.63) is 95.6 Å². The lowest BCUT2D eigenvalue weighted by Gasteiger charge is -2.07. The highest BCUT2D eigenvalue weighted by atomic mass is 16.6. The Morgan fingerprint density at radius 1 is 0.969 bits per heavy atom. The van der Waals surface area contributed by atoms with Crippen molar-refractivity contribution in [2.75, 3.05) is 11.9 Å². The fourth-order valence-electron chi connectivity index (χ4n) is 2.65. The number of carbonyl (C=O) groups is 2. The van der Waals surface area contributed by atoms with Crippen LogP contribution >= 0.6 is 0 Å². The maximum atomic E-state index is 12.1. The van der Waals surface area contributed by atoms with E-state index in [2.05, 4.69) is 21.0 Å². The van der Waals surface area contributed by atoms with Crippen molar-refractivity contribution in [1.82, 2.24) is 5.43 Å². The number of hydrogen-bond acceptors (Lipinski definition) is 6. The minimum Gasteiger partial charge on any atom is -0.507 e. The van der Waals surface area contributed by atoms with Crippen LogP contribution in [-0.4, -0.2) is 35.5 Å². The summed E-state index contributed by atoms with van der Waals surface area (Å²) in [4.78, 5) is 29.1. The van der Waals surface area contributed by atoms with E-state index in [0.717, 1.165) is 11.1 Å². The van der Waals surface area contributed by atoms with Crippen LogP contribution in [0.15, 0.2) is 89.1 Å². The number of nitrogens with one attached hydrogen (secondary N) is 2. The van der Waals surface area contributed by atoms with Gasteiger partial charge in [-0.15, -0.1) is 0 Å². The number of benzene rings is 3. The summed E-state index contributed by atoms with van der Waals surface area (Å²) >= 11 is 0. The summed E-state index contributed by atoms with van der Waals surface area (Å²) in [5, 5.41) is 20.3. The molecule has 162 valence electrons. The van der Waals surface area contributed by atoms with E-state index >= 15 is 0 Å². The fourth-order valence-corrected chi connectivity index (χ4v) is 2.65. The second-order valence-electron chi connectivity index (χ2n) is 6.70. The van der Waals surface area contributed by atoms with E-state index in [0.29, 0.717) is 11.4 Å². The molecule has 0 saturated carbocycles. The fraction of sp³-hybridized carbons (Fsp3) is 0.0833. The number of anilines is 1. The first-order chi connectivity index (χ1) is 15.5. The highest BCUT2D eigenvalue weighted by molar-refractivity contribution is 6.02. The highest BCUT2D eigenvalue weighted by Crippen LogP contribution is 2.15. The van der Waals surface area contributed by atoms with E-state index in [4.69, 9.17) is 4.84 Å². The van der Waals surface area contributed by atoms with Gasteiger partial charge in [0.1, 0.15) is 5.75 Å². The van der Waals surface area contributed by atoms with Crippen molar-refractivity contribution < 1.29 is 19.5 Å². The Morgan fingerprint density at radius 2 is 1.66 bits per heavy atom. The zero-order valence-electron chi connectivity index (χ0n) is 17.4. The van der Waals surface area contributed by atoms with Crippen molar-refractivity contribution >= 4 is 29.4 Å². The van der Waals surface area contributed by atoms with Crippen LogP contribution in [0.1, 0.15) is 28.4 Å². The summed E-state index contributed by atoms with van der Waals surface area (Å²) in [5.74, 6) is -0.975. The molecule has 8 nitrogen and oxygen atoms in total. The quantitative estimate of drug-likeness (QED) is 0.375. The third-order valence-electron chi connectivity index (χ3n) is 4.33. The number of nitrogens with zero attached hydrogens (tertiary/aromatic N) is 2. The molecule has 0 atom stereocenters. The van der Waals surface area contributed by atoms with Gasteiger partial charge in [-0.3, -0.25) is 9.59 Å². The third-order valence-corrected chi connectivity index (χ3v) is 4.33. The zero-order chi connectivity index (χ0) is 22.8. The van der Waals surface area contributed by atoms with Crippen LogP contribution in [0.4, 0.5) is 5.69 Å². The molecule has 0 unspecified atom stereocenters. The molecule has 0 saturated heterocycles. The molecule has 0 heterocycles. The minimum absolute atomic E-state index is 0.118. The van der Waals surface area contributed by atoms with Gasteiger partial charge in [0.2, 0.25) is 0 Å². The molecule has 0 aromatic heterocycles. The number of phenolic OH excluding ortho intramolecular Hbond substituents is 1. The standard InChI is InChI=1S/C24H22N4O4/c1-17(27-28-24(31)21-9-5-6-10-22(21)29)19-11-13-20(14-12-19)26-23(30)16-32-25-15-18-7-3-2-4-8-18/h2-15,29H,16H2,1H3,(H,26,30)(H,28,31)/b25-15+,27-17+. The number of hydrazone groups is 1. The summed E-state index contributed by atoms with van der Waals surface area (Å²) in [7, 11) is 0. The lowest BCUT2D eigenvalue weighted by Crippen LogP contribution is -2.19. The van der Waals surface area contributed by atoms with Gasteiger partial charge in [-0.25, -0.2) is 5.43 Å². The van der Waals surface area contributed by atoms with E-state index in [1.54, 1.807) is 43.3 Å². The van der Waals surface area contributed by atoms with E-state index < -0.39 is 5.91 Å². The Kier molecular flexibility index (Phi) is 7.69. The van der Waals surface area contributed by atoms with Crippen LogP contribution in [0.25, 0.3) is 0 Å². The molecule has 0 aliphatic rings. The van der Waals surface area contributed by atoms with Crippen LogP contribution in [0.3, 0.4) is 0 Å². The molecule has 2 amide bonds. The largest absolute Gasteiger partial charge is 0.507 e. The van der Waals surface area contributed by atoms with Crippen molar-refractivity contribution in [1.29, 1.82) is 0 Å². The van der Waals surface area contributed by atoms with Gasteiger partial charge in [0.05, 0.1) is 17.5 Å². The van der Waals surface area contributed by atoms with Gasteiger partial charge in [-0.2, -0.15) is 5.10 Å². The zero-order valence-corrected chi connectivity index (χ0v) is 17.4. The second kappa shape index (κ2) is 11.1. The molecule has 3 rings (SSSR count). The Balaban J connectivity index is 1.49. The van der Waals surface area contributed by atoms with Gasteiger partial charge in [-0.05, 0) is 42.3 Å². The van der Waals surface area contributed by atoms with Crippen LogP contribution < -0.4 is 10.7 Å². The maximum Gasteiger partial charge on any atom is 0.275 e. The normalized spacial score (nSPS) is 11.2. The lowest BCUT2D eigenvalue weighted by molar-refractivity contribution is -0.120. The summed E-state index contributed by atoms with van der Waals surface area (Å²) in [6.07, 6.45) is 1.53. The topological polar surface area (TPSA) is 112 Å². The number of aromatic hydroxyl groups is 1. The molecule has 0 radical (unpaired) electrons. The number of para-hydroxylation sites is 1. The number of rotatable bonds is 8. The molecule has 0 aliphatic heterocycles. The van der Waals surface area contributed by atoms with Crippen molar-refractivity contribution in [3.8, 4) is 5.75 Å². The summed E-state index contributed by atoms with van der Waals surface area (Å²) in [6.45, 7) is 1.52. The third kappa shape index (κ3) is 6.53. The number of hydrogen-bond donors (Lipinski definition) is 3. The van der Waals surface area contributed by atoms with E-state index in [9.17, 15) is 14.7 Å². The Hall–Kier alpha value is -4.46. The van der Waals surface area contributed by atoms with Crippen molar-refractivity contribution in [2.45, 2.75) is 6.92 Å². The molecular formula is C24H22N4O4. The van der Waals surface area contributed by atoms with Crippen LogP contribution in [0, 0.1) is 0 Å². The summed E-state index contributed by atoms with van der Waals surface area (Å²) < 4.78 is 0. The number of carbonyl (C=O) groups excluding carboxylic acids is 2. The van der Waals surface area contributed by atoms with Crippen LogP contribution in [-0.2, 0) is 9.63 Å². The molecule has 3 N–H and O–H groups in total. The molecule has 0 fully saturated rings. The van der Waals surface area contributed by atoms with Gasteiger partial charge in [0.25, 0.3) is 11.8 Å². The molecule has 0 spiro atoms. The van der Waals surface area contributed by atoms with Gasteiger partial charge in [0.15, 0.2) is 6.61 Å². The molecule has 0 bridgehead atoms. The second-order valence-corrected chi connectivity index (χ2v) is 6.70. The van der Waals surface area contributed by atoms with Crippen molar-refractivity contribution in [3.63, 3.8) is 0 Å². The first kappa shape index (κ1) is 22.2. The Morgan fingerprint density at radius 3 is 2.38 bits per heavy atom. The number of phenols is 1. The molecule has 3 aromatic carbocycles. The smallest absolute Gasteiger partial charge is 0.275 e. The van der Waals surface area contributed by atoms with Crippen LogP contribution in [0.5, 0.6) is 5.75 Å². The molecular weight excluding hydrogens is 408 g/mol.